The number of halogens is 1. The Morgan fingerprint density at radius 2 is 2.16 bits per heavy atom. The molecule has 1 fully saturated rings. The molecule has 1 aromatic rings. The molecule has 1 aliphatic heterocycles. The number of likely N-dealkylation sites (tertiary alicyclic amines) is 1. The lowest BCUT2D eigenvalue weighted by Crippen LogP contribution is -2.37. The Morgan fingerprint density at radius 1 is 1.42 bits per heavy atom. The van der Waals surface area contributed by atoms with E-state index in [0.717, 1.165) is 6.42 Å². The molecule has 0 bridgehead atoms. The summed E-state index contributed by atoms with van der Waals surface area (Å²) >= 11 is 0. The van der Waals surface area contributed by atoms with Crippen molar-refractivity contribution in [3.05, 3.63) is 35.1 Å². The highest BCUT2D eigenvalue weighted by Gasteiger charge is 2.27. The summed E-state index contributed by atoms with van der Waals surface area (Å²) in [6, 6.07) is 4.18. The van der Waals surface area contributed by atoms with Gasteiger partial charge < -0.3 is 10.2 Å². The first-order valence-corrected chi connectivity index (χ1v) is 6.30. The van der Waals surface area contributed by atoms with Crippen molar-refractivity contribution in [2.75, 3.05) is 13.1 Å². The molecule has 1 heterocycles. The normalized spacial score (nSPS) is 18.5. The molecule has 0 radical (unpaired) electrons. The van der Waals surface area contributed by atoms with Crippen molar-refractivity contribution in [3.8, 4) is 0 Å². The fraction of sp³-hybridized carbons (Fsp3) is 0.429. The smallest absolute Gasteiger partial charge is 0.254 e. The first-order chi connectivity index (χ1) is 8.97. The molecular weight excluding hydrogens is 247 g/mol. The highest BCUT2D eigenvalue weighted by atomic mass is 19.1. The van der Waals surface area contributed by atoms with Crippen LogP contribution in [0.2, 0.25) is 0 Å². The molecule has 4 nitrogen and oxygen atoms in total. The number of aryl methyl sites for hydroxylation is 1. The molecule has 1 unspecified atom stereocenters. The Hall–Kier alpha value is -1.91. The van der Waals surface area contributed by atoms with Crippen LogP contribution < -0.4 is 5.32 Å². The second kappa shape index (κ2) is 5.38. The summed E-state index contributed by atoms with van der Waals surface area (Å²) < 4.78 is 13.0. The van der Waals surface area contributed by atoms with Crippen molar-refractivity contribution in [2.45, 2.75) is 26.3 Å². The fourth-order valence-electron chi connectivity index (χ4n) is 2.39. The number of carbonyl (C=O) groups is 2. The minimum Gasteiger partial charge on any atom is -0.352 e. The van der Waals surface area contributed by atoms with Gasteiger partial charge in [0, 0.05) is 31.6 Å². The maximum atomic E-state index is 13.0. The Kier molecular flexibility index (Phi) is 3.83. The largest absolute Gasteiger partial charge is 0.352 e. The van der Waals surface area contributed by atoms with Gasteiger partial charge in [0.15, 0.2) is 0 Å². The van der Waals surface area contributed by atoms with E-state index in [4.69, 9.17) is 0 Å². The molecule has 5 heteroatoms. The average Bonchev–Trinajstić information content (AvgIpc) is 2.75. The molecule has 0 aliphatic carbocycles. The summed E-state index contributed by atoms with van der Waals surface area (Å²) in [6.45, 7) is 4.31. The predicted octanol–water partition coefficient (Wildman–Crippen LogP) is 1.48. The van der Waals surface area contributed by atoms with Crippen molar-refractivity contribution >= 4 is 11.8 Å². The van der Waals surface area contributed by atoms with Gasteiger partial charge in [0.1, 0.15) is 5.82 Å². The number of nitrogens with zero attached hydrogens (tertiary/aromatic N) is 1. The van der Waals surface area contributed by atoms with Crippen LogP contribution in [0.25, 0.3) is 0 Å². The zero-order chi connectivity index (χ0) is 14.0. The molecular formula is C14H17FN2O2. The molecule has 2 amide bonds. The van der Waals surface area contributed by atoms with E-state index in [2.05, 4.69) is 5.32 Å². The third kappa shape index (κ3) is 3.10. The van der Waals surface area contributed by atoms with Gasteiger partial charge in [-0.15, -0.1) is 0 Å². The monoisotopic (exact) mass is 264 g/mol. The molecule has 0 aromatic heterocycles. The van der Waals surface area contributed by atoms with E-state index < -0.39 is 0 Å². The molecule has 102 valence electrons. The maximum absolute atomic E-state index is 13.0. The highest BCUT2D eigenvalue weighted by molar-refractivity contribution is 5.95. The first-order valence-electron chi connectivity index (χ1n) is 6.30. The molecule has 1 aromatic carbocycles. The van der Waals surface area contributed by atoms with Crippen LogP contribution in [-0.4, -0.2) is 35.8 Å². The number of hydrogen-bond acceptors (Lipinski definition) is 2. The van der Waals surface area contributed by atoms with Crippen LogP contribution in [0.5, 0.6) is 0 Å². The Balaban J connectivity index is 2.07. The number of carbonyl (C=O) groups excluding carboxylic acids is 2. The Labute approximate surface area is 111 Å². The van der Waals surface area contributed by atoms with Crippen LogP contribution in [-0.2, 0) is 4.79 Å². The summed E-state index contributed by atoms with van der Waals surface area (Å²) in [6.07, 6.45) is 0.756. The van der Waals surface area contributed by atoms with E-state index in [9.17, 15) is 14.0 Å². The summed E-state index contributed by atoms with van der Waals surface area (Å²) in [7, 11) is 0. The standard InChI is InChI=1S/C14H17FN2O2/c1-9-7-11(15)3-4-13(9)14(19)17-6-5-12(8-17)16-10(2)18/h3-4,7,12H,5-6,8H2,1-2H3,(H,16,18). The van der Waals surface area contributed by atoms with E-state index in [1.807, 2.05) is 0 Å². The number of hydrogen-bond donors (Lipinski definition) is 1. The van der Waals surface area contributed by atoms with Crippen molar-refractivity contribution < 1.29 is 14.0 Å². The molecule has 2 rings (SSSR count). The van der Waals surface area contributed by atoms with Crippen LogP contribution in [0.4, 0.5) is 4.39 Å². The lowest BCUT2D eigenvalue weighted by molar-refractivity contribution is -0.119. The van der Waals surface area contributed by atoms with Crippen molar-refractivity contribution in [1.29, 1.82) is 0 Å². The molecule has 1 N–H and O–H groups in total. The zero-order valence-electron chi connectivity index (χ0n) is 11.1. The van der Waals surface area contributed by atoms with Gasteiger partial charge in [0.2, 0.25) is 5.91 Å². The molecule has 1 saturated heterocycles. The van der Waals surface area contributed by atoms with E-state index in [-0.39, 0.29) is 23.7 Å². The topological polar surface area (TPSA) is 49.4 Å². The van der Waals surface area contributed by atoms with E-state index in [0.29, 0.717) is 24.2 Å². The summed E-state index contributed by atoms with van der Waals surface area (Å²) in [5.74, 6) is -0.533. The van der Waals surface area contributed by atoms with E-state index >= 15 is 0 Å². The molecule has 0 spiro atoms. The second-order valence-corrected chi connectivity index (χ2v) is 4.90. The van der Waals surface area contributed by atoms with Gasteiger partial charge in [-0.05, 0) is 37.1 Å². The molecule has 19 heavy (non-hydrogen) atoms. The van der Waals surface area contributed by atoms with Crippen molar-refractivity contribution in [1.82, 2.24) is 10.2 Å². The minimum absolute atomic E-state index is 0.0159. The SMILES string of the molecule is CC(=O)NC1CCN(C(=O)c2ccc(F)cc2C)C1. The minimum atomic E-state index is -0.341. The number of amides is 2. The van der Waals surface area contributed by atoms with Crippen LogP contribution in [0, 0.1) is 12.7 Å². The molecule has 0 saturated carbocycles. The fourth-order valence-corrected chi connectivity index (χ4v) is 2.39. The predicted molar refractivity (Wildman–Crippen MR) is 69.3 cm³/mol. The van der Waals surface area contributed by atoms with E-state index in [1.54, 1.807) is 11.8 Å². The third-order valence-corrected chi connectivity index (χ3v) is 3.30. The summed E-state index contributed by atoms with van der Waals surface area (Å²) in [5.41, 5.74) is 1.15. The van der Waals surface area contributed by atoms with Crippen LogP contribution in [0.3, 0.4) is 0 Å². The van der Waals surface area contributed by atoms with Crippen LogP contribution in [0.15, 0.2) is 18.2 Å². The van der Waals surface area contributed by atoms with Crippen molar-refractivity contribution in [3.63, 3.8) is 0 Å². The highest BCUT2D eigenvalue weighted by Crippen LogP contribution is 2.17. The summed E-state index contributed by atoms with van der Waals surface area (Å²) in [4.78, 5) is 25.0. The lowest BCUT2D eigenvalue weighted by atomic mass is 10.1. The summed E-state index contributed by atoms with van der Waals surface area (Å²) in [5, 5.41) is 2.81. The van der Waals surface area contributed by atoms with Gasteiger partial charge in [-0.3, -0.25) is 9.59 Å². The molecule has 1 aliphatic rings. The van der Waals surface area contributed by atoms with Gasteiger partial charge in [0.25, 0.3) is 5.91 Å². The quantitative estimate of drug-likeness (QED) is 0.879. The number of rotatable bonds is 2. The first kappa shape index (κ1) is 13.5. The molecule has 1 atom stereocenters. The zero-order valence-corrected chi connectivity index (χ0v) is 11.1. The second-order valence-electron chi connectivity index (χ2n) is 4.90. The van der Waals surface area contributed by atoms with Gasteiger partial charge in [-0.2, -0.15) is 0 Å². The van der Waals surface area contributed by atoms with Gasteiger partial charge in [0.05, 0.1) is 0 Å². The van der Waals surface area contributed by atoms with Gasteiger partial charge in [-0.25, -0.2) is 4.39 Å². The Morgan fingerprint density at radius 3 is 2.79 bits per heavy atom. The maximum Gasteiger partial charge on any atom is 0.254 e. The lowest BCUT2D eigenvalue weighted by Gasteiger charge is -2.18. The van der Waals surface area contributed by atoms with Gasteiger partial charge >= 0.3 is 0 Å². The third-order valence-electron chi connectivity index (χ3n) is 3.30. The van der Waals surface area contributed by atoms with Crippen molar-refractivity contribution in [2.24, 2.45) is 0 Å². The average molecular weight is 264 g/mol. The van der Waals surface area contributed by atoms with E-state index in [1.165, 1.54) is 25.1 Å². The van der Waals surface area contributed by atoms with Crippen LogP contribution in [0.1, 0.15) is 29.3 Å². The van der Waals surface area contributed by atoms with Gasteiger partial charge in [-0.1, -0.05) is 0 Å². The number of benzene rings is 1. The Bertz CT molecular complexity index is 516. The van der Waals surface area contributed by atoms with Crippen LogP contribution >= 0.6 is 0 Å². The number of nitrogens with one attached hydrogen (secondary N) is 1.